The quantitative estimate of drug-likeness (QED) is 0.370. The smallest absolute Gasteiger partial charge is 0.229 e. The first-order valence-corrected chi connectivity index (χ1v) is 6.67. The lowest BCUT2D eigenvalue weighted by atomic mass is 10.2. The third-order valence-electron chi connectivity index (χ3n) is 1.94. The minimum Gasteiger partial charge on any atom is -0.411 e. The molecule has 82 valence electrons. The van der Waals surface area contributed by atoms with E-state index in [0.29, 0.717) is 11.9 Å². The van der Waals surface area contributed by atoms with Crippen LogP contribution in [-0.2, 0) is 9.09 Å². The van der Waals surface area contributed by atoms with Crippen LogP contribution in [0, 0.1) is 0 Å². The molecule has 1 rings (SSSR count). The van der Waals surface area contributed by atoms with Crippen LogP contribution in [0.15, 0.2) is 29.4 Å². The highest BCUT2D eigenvalue weighted by molar-refractivity contribution is 7.66. The number of hydrogen-bond donors (Lipinski definition) is 1. The molecule has 0 saturated carbocycles. The summed E-state index contributed by atoms with van der Waals surface area (Å²) in [4.78, 5) is 0. The minimum absolute atomic E-state index is 0.424. The average molecular weight is 227 g/mol. The molecule has 0 heterocycles. The van der Waals surface area contributed by atoms with Crippen LogP contribution in [0.3, 0.4) is 0 Å². The average Bonchev–Trinajstić information content (AvgIpc) is 2.19. The number of nitrogens with zero attached hydrogens (tertiary/aromatic N) is 1. The van der Waals surface area contributed by atoms with E-state index in [9.17, 15) is 4.57 Å². The first-order chi connectivity index (χ1) is 7.10. The molecular formula is C10H14NO3P. The largest absolute Gasteiger partial charge is 0.411 e. The normalized spacial score (nSPS) is 15.3. The van der Waals surface area contributed by atoms with Gasteiger partial charge in [-0.05, 0) is 24.6 Å². The molecule has 1 atom stereocenters. The molecule has 0 aromatic heterocycles. The molecule has 0 amide bonds. The van der Waals surface area contributed by atoms with E-state index in [1.807, 2.05) is 6.92 Å². The minimum atomic E-state index is -2.69. The van der Waals surface area contributed by atoms with Crippen LogP contribution in [0.4, 0.5) is 0 Å². The van der Waals surface area contributed by atoms with Crippen molar-refractivity contribution in [1.29, 1.82) is 0 Å². The molecule has 1 aromatic rings. The molecule has 0 aliphatic carbocycles. The van der Waals surface area contributed by atoms with Crippen LogP contribution in [-0.4, -0.2) is 24.7 Å². The lowest BCUT2D eigenvalue weighted by Crippen LogP contribution is -2.06. The van der Waals surface area contributed by atoms with Crippen molar-refractivity contribution in [3.8, 4) is 0 Å². The molecule has 0 radical (unpaired) electrons. The van der Waals surface area contributed by atoms with Gasteiger partial charge in [0.05, 0.1) is 12.8 Å². The first-order valence-electron chi connectivity index (χ1n) is 4.60. The second-order valence-electron chi connectivity index (χ2n) is 3.10. The Balaban J connectivity index is 2.93. The van der Waals surface area contributed by atoms with Gasteiger partial charge in [0.25, 0.3) is 0 Å². The van der Waals surface area contributed by atoms with Gasteiger partial charge in [-0.1, -0.05) is 17.3 Å². The Hall–Kier alpha value is -1.12. The molecule has 0 fully saturated rings. The Morgan fingerprint density at radius 3 is 2.53 bits per heavy atom. The zero-order valence-corrected chi connectivity index (χ0v) is 9.65. The summed E-state index contributed by atoms with van der Waals surface area (Å²) < 4.78 is 17.2. The maximum atomic E-state index is 12.0. The highest BCUT2D eigenvalue weighted by Gasteiger charge is 2.17. The fraction of sp³-hybridized carbons (Fsp3) is 0.300. The van der Waals surface area contributed by atoms with E-state index in [4.69, 9.17) is 9.73 Å². The van der Waals surface area contributed by atoms with Gasteiger partial charge in [0.1, 0.15) is 0 Å². The van der Waals surface area contributed by atoms with Crippen molar-refractivity contribution >= 4 is 18.9 Å². The third-order valence-corrected chi connectivity index (χ3v) is 3.93. The van der Waals surface area contributed by atoms with Crippen molar-refractivity contribution in [2.45, 2.75) is 6.92 Å². The van der Waals surface area contributed by atoms with E-state index in [-0.39, 0.29) is 0 Å². The van der Waals surface area contributed by atoms with Gasteiger partial charge in [-0.3, -0.25) is 4.57 Å². The standard InChI is InChI=1S/C10H14NO3P/c1-3-14-15(2,13)10-6-4-9(5-7-10)8-11-12/h4-8,12H,3H2,1-2H3/b11-8-/t15-/m1/s1. The highest BCUT2D eigenvalue weighted by Crippen LogP contribution is 2.40. The van der Waals surface area contributed by atoms with E-state index in [2.05, 4.69) is 5.16 Å². The summed E-state index contributed by atoms with van der Waals surface area (Å²) in [7, 11) is -2.69. The van der Waals surface area contributed by atoms with E-state index in [0.717, 1.165) is 5.56 Å². The monoisotopic (exact) mass is 227 g/mol. The summed E-state index contributed by atoms with van der Waals surface area (Å²) in [6, 6.07) is 6.88. The van der Waals surface area contributed by atoms with Crippen molar-refractivity contribution in [3.63, 3.8) is 0 Å². The van der Waals surface area contributed by atoms with Gasteiger partial charge in [-0.25, -0.2) is 0 Å². The van der Waals surface area contributed by atoms with Crippen LogP contribution < -0.4 is 5.30 Å². The Kier molecular flexibility index (Phi) is 4.06. The van der Waals surface area contributed by atoms with Gasteiger partial charge in [-0.15, -0.1) is 0 Å². The number of hydrogen-bond acceptors (Lipinski definition) is 4. The lowest BCUT2D eigenvalue weighted by molar-refractivity contribution is 0.322. The number of rotatable bonds is 4. The molecule has 0 aliphatic rings. The van der Waals surface area contributed by atoms with Crippen LogP contribution in [0.5, 0.6) is 0 Å². The summed E-state index contributed by atoms with van der Waals surface area (Å²) in [6.07, 6.45) is 1.31. The van der Waals surface area contributed by atoms with E-state index in [1.54, 1.807) is 30.9 Å². The van der Waals surface area contributed by atoms with Crippen molar-refractivity contribution in [1.82, 2.24) is 0 Å². The molecule has 0 spiro atoms. The summed E-state index contributed by atoms with van der Waals surface area (Å²) in [5.74, 6) is 0. The van der Waals surface area contributed by atoms with Crippen LogP contribution in [0.2, 0.25) is 0 Å². The molecular weight excluding hydrogens is 213 g/mol. The van der Waals surface area contributed by atoms with Gasteiger partial charge in [-0.2, -0.15) is 0 Å². The topological polar surface area (TPSA) is 58.9 Å². The molecule has 1 aromatic carbocycles. The SMILES string of the molecule is CCO[P@@](C)(=O)c1ccc(/C=N\O)cc1. The molecule has 0 saturated heterocycles. The third kappa shape index (κ3) is 3.18. The van der Waals surface area contributed by atoms with Crippen molar-refractivity contribution in [2.75, 3.05) is 13.3 Å². The first kappa shape index (κ1) is 12.0. The Bertz CT molecular complexity index is 386. The van der Waals surface area contributed by atoms with Gasteiger partial charge in [0.15, 0.2) is 0 Å². The molecule has 0 aliphatic heterocycles. The van der Waals surface area contributed by atoms with Crippen molar-refractivity contribution in [3.05, 3.63) is 29.8 Å². The predicted octanol–water partition coefficient (Wildman–Crippen LogP) is 2.06. The highest BCUT2D eigenvalue weighted by atomic mass is 31.2. The fourth-order valence-corrected chi connectivity index (χ4v) is 2.55. The molecule has 4 nitrogen and oxygen atoms in total. The maximum Gasteiger partial charge on any atom is 0.229 e. The molecule has 5 heteroatoms. The molecule has 1 N–H and O–H groups in total. The Morgan fingerprint density at radius 1 is 1.47 bits per heavy atom. The second kappa shape index (κ2) is 5.10. The summed E-state index contributed by atoms with van der Waals surface area (Å²) in [5.41, 5.74) is 0.748. The van der Waals surface area contributed by atoms with Crippen LogP contribution in [0.25, 0.3) is 0 Å². The second-order valence-corrected chi connectivity index (χ2v) is 5.57. The fourth-order valence-electron chi connectivity index (χ4n) is 1.22. The predicted molar refractivity (Wildman–Crippen MR) is 60.6 cm³/mol. The van der Waals surface area contributed by atoms with E-state index >= 15 is 0 Å². The van der Waals surface area contributed by atoms with Crippen molar-refractivity contribution < 1.29 is 14.3 Å². The van der Waals surface area contributed by atoms with Gasteiger partial charge >= 0.3 is 0 Å². The summed E-state index contributed by atoms with van der Waals surface area (Å²) in [6.45, 7) is 3.82. The molecule has 0 unspecified atom stereocenters. The zero-order valence-electron chi connectivity index (χ0n) is 8.75. The van der Waals surface area contributed by atoms with E-state index < -0.39 is 7.37 Å². The summed E-state index contributed by atoms with van der Waals surface area (Å²) >= 11 is 0. The van der Waals surface area contributed by atoms with Gasteiger partial charge < -0.3 is 9.73 Å². The maximum absolute atomic E-state index is 12.0. The van der Waals surface area contributed by atoms with E-state index in [1.165, 1.54) is 6.21 Å². The van der Waals surface area contributed by atoms with Crippen molar-refractivity contribution in [2.24, 2.45) is 5.16 Å². The Morgan fingerprint density at radius 2 is 2.07 bits per heavy atom. The van der Waals surface area contributed by atoms with Crippen LogP contribution >= 0.6 is 7.37 Å². The van der Waals surface area contributed by atoms with Gasteiger partial charge in [0.2, 0.25) is 7.37 Å². The van der Waals surface area contributed by atoms with Gasteiger partial charge in [0, 0.05) is 12.0 Å². The van der Waals surface area contributed by atoms with Crippen LogP contribution in [0.1, 0.15) is 12.5 Å². The molecule has 0 bridgehead atoms. The number of benzene rings is 1. The number of oxime groups is 1. The Labute approximate surface area is 89.0 Å². The lowest BCUT2D eigenvalue weighted by Gasteiger charge is -2.12. The molecule has 15 heavy (non-hydrogen) atoms. The zero-order chi connectivity index (χ0) is 11.3. The summed E-state index contributed by atoms with van der Waals surface area (Å²) in [5, 5.41) is 11.9.